The fourth-order valence-corrected chi connectivity index (χ4v) is 7.38. The molecule has 5 aliphatic rings. The molecule has 4 atom stereocenters. The van der Waals surface area contributed by atoms with Crippen LogP contribution in [0.4, 0.5) is 5.69 Å². The zero-order chi connectivity index (χ0) is 27.1. The van der Waals surface area contributed by atoms with Crippen molar-refractivity contribution in [2.24, 2.45) is 23.5 Å². The maximum Gasteiger partial charge on any atom is 0.250 e. The van der Waals surface area contributed by atoms with E-state index in [-0.39, 0.29) is 42.0 Å². The van der Waals surface area contributed by atoms with Crippen molar-refractivity contribution in [2.75, 3.05) is 50.8 Å². The lowest BCUT2D eigenvalue weighted by atomic mass is 9.77. The molecule has 0 bridgehead atoms. The molecule has 1 aromatic rings. The summed E-state index contributed by atoms with van der Waals surface area (Å²) in [6, 6.07) is 10.3. The minimum atomic E-state index is -0.782. The molecule has 1 saturated carbocycles. The normalized spacial score (nSPS) is 30.2. The second kappa shape index (κ2) is 10.4. The van der Waals surface area contributed by atoms with Crippen LogP contribution in [0.15, 0.2) is 30.3 Å². The van der Waals surface area contributed by atoms with Crippen molar-refractivity contribution < 1.29 is 19.2 Å². The smallest absolute Gasteiger partial charge is 0.250 e. The van der Waals surface area contributed by atoms with Crippen molar-refractivity contribution in [3.05, 3.63) is 30.3 Å². The van der Waals surface area contributed by atoms with E-state index in [0.29, 0.717) is 64.1 Å². The molecule has 0 radical (unpaired) electrons. The summed E-state index contributed by atoms with van der Waals surface area (Å²) in [4.78, 5) is 59.6. The minimum absolute atomic E-state index is 0.0231. The van der Waals surface area contributed by atoms with Crippen molar-refractivity contribution in [3.63, 3.8) is 0 Å². The molecule has 39 heavy (non-hydrogen) atoms. The van der Waals surface area contributed by atoms with Gasteiger partial charge in [0.05, 0.1) is 12.6 Å². The van der Waals surface area contributed by atoms with E-state index >= 15 is 0 Å². The van der Waals surface area contributed by atoms with Crippen LogP contribution in [0, 0.1) is 17.8 Å². The highest BCUT2D eigenvalue weighted by molar-refractivity contribution is 5.96. The maximum absolute atomic E-state index is 14.0. The maximum atomic E-state index is 14.0. The van der Waals surface area contributed by atoms with Gasteiger partial charge in [0.2, 0.25) is 17.7 Å². The van der Waals surface area contributed by atoms with Crippen molar-refractivity contribution in [3.8, 4) is 0 Å². The summed E-state index contributed by atoms with van der Waals surface area (Å²) in [6.07, 6.45) is 4.44. The van der Waals surface area contributed by atoms with E-state index < -0.39 is 5.54 Å². The highest BCUT2D eigenvalue weighted by atomic mass is 16.2. The number of fused-ring (bicyclic) bond motifs is 1. The van der Waals surface area contributed by atoms with E-state index in [1.165, 1.54) is 0 Å². The number of nitrogens with two attached hydrogens (primary N) is 1. The van der Waals surface area contributed by atoms with E-state index in [1.807, 2.05) is 35.2 Å². The Morgan fingerprint density at radius 3 is 2.46 bits per heavy atom. The number of nitrogens with zero attached hydrogens (tertiary/aromatic N) is 4. The van der Waals surface area contributed by atoms with Crippen LogP contribution < -0.4 is 21.5 Å². The van der Waals surface area contributed by atoms with Crippen LogP contribution in [0.1, 0.15) is 38.5 Å². The van der Waals surface area contributed by atoms with Crippen LogP contribution in [0.5, 0.6) is 0 Å². The number of hydrogen-bond donors (Lipinski definition) is 3. The van der Waals surface area contributed by atoms with Gasteiger partial charge in [-0.3, -0.25) is 30.0 Å². The fourth-order valence-electron chi connectivity index (χ4n) is 7.38. The molecule has 11 heteroatoms. The first-order chi connectivity index (χ1) is 18.9. The van der Waals surface area contributed by atoms with Crippen molar-refractivity contribution >= 4 is 29.3 Å². The molecule has 11 nitrogen and oxygen atoms in total. The van der Waals surface area contributed by atoms with Gasteiger partial charge in [-0.1, -0.05) is 18.2 Å². The quantitative estimate of drug-likeness (QED) is 0.477. The van der Waals surface area contributed by atoms with Crippen molar-refractivity contribution in [2.45, 2.75) is 50.1 Å². The first-order valence-corrected chi connectivity index (χ1v) is 14.3. The van der Waals surface area contributed by atoms with Crippen LogP contribution in [-0.2, 0) is 19.2 Å². The van der Waals surface area contributed by atoms with Gasteiger partial charge in [0, 0.05) is 50.4 Å². The predicted molar refractivity (Wildman–Crippen MR) is 144 cm³/mol. The summed E-state index contributed by atoms with van der Waals surface area (Å²) in [5.74, 6) is -0.162. The van der Waals surface area contributed by atoms with Crippen LogP contribution in [0.3, 0.4) is 0 Å². The number of rotatable bonds is 5. The second-order valence-corrected chi connectivity index (χ2v) is 11.9. The van der Waals surface area contributed by atoms with Gasteiger partial charge in [0.15, 0.2) is 0 Å². The number of carbonyl (C=O) groups excluding carboxylic acids is 4. The molecule has 4 amide bonds. The molecular formula is C28H39N7O4. The molecule has 210 valence electrons. The summed E-state index contributed by atoms with van der Waals surface area (Å²) in [7, 11) is 0. The highest BCUT2D eigenvalue weighted by Crippen LogP contribution is 2.40. The number of primary amides is 1. The predicted octanol–water partition coefficient (Wildman–Crippen LogP) is -0.120. The monoisotopic (exact) mass is 537 g/mol. The number of hydrogen-bond acceptors (Lipinski definition) is 7. The number of benzene rings is 1. The Morgan fingerprint density at radius 2 is 1.74 bits per heavy atom. The number of likely N-dealkylation sites (tertiary alicyclic amines) is 2. The molecule has 1 aliphatic carbocycles. The average molecular weight is 538 g/mol. The Bertz CT molecular complexity index is 1120. The van der Waals surface area contributed by atoms with E-state index in [2.05, 4.69) is 15.8 Å². The number of nitrogens with one attached hydrogen (secondary N) is 2. The van der Waals surface area contributed by atoms with Gasteiger partial charge in [-0.25, -0.2) is 0 Å². The number of hydrazine groups is 1. The van der Waals surface area contributed by atoms with Gasteiger partial charge in [0.25, 0.3) is 5.91 Å². The standard InChI is InChI=1S/C28H39N7O4/c29-25(37)20-8-11-33(16-20)24(36)17-34-18-35(22-4-2-1-3-5-22)28(27(34)39)9-12-32(13-10-28)26(38)19-6-7-23-21(14-19)15-30-31-23/h1-5,19-21,23,30-31H,6-18H2,(H2,29,37). The fraction of sp³-hybridized carbons (Fsp3) is 0.643. The number of piperidine rings is 1. The van der Waals surface area contributed by atoms with E-state index in [1.54, 1.807) is 9.80 Å². The minimum Gasteiger partial charge on any atom is -0.369 e. The lowest BCUT2D eigenvalue weighted by Crippen LogP contribution is -2.58. The van der Waals surface area contributed by atoms with Gasteiger partial charge in [-0.2, -0.15) is 0 Å². The van der Waals surface area contributed by atoms with Crippen molar-refractivity contribution in [1.29, 1.82) is 0 Å². The Morgan fingerprint density at radius 1 is 0.974 bits per heavy atom. The Kier molecular flexibility index (Phi) is 6.96. The zero-order valence-corrected chi connectivity index (χ0v) is 22.4. The molecule has 0 aromatic heterocycles. The lowest BCUT2D eigenvalue weighted by molar-refractivity contribution is -0.143. The number of para-hydroxylation sites is 1. The number of amides is 4. The first kappa shape index (κ1) is 26.1. The molecule has 1 spiro atoms. The third-order valence-electron chi connectivity index (χ3n) is 9.74. The largest absolute Gasteiger partial charge is 0.369 e. The van der Waals surface area contributed by atoms with Gasteiger partial charge in [0.1, 0.15) is 12.1 Å². The summed E-state index contributed by atoms with van der Waals surface area (Å²) in [5, 5.41) is 0. The summed E-state index contributed by atoms with van der Waals surface area (Å²) >= 11 is 0. The molecule has 4 N–H and O–H groups in total. The topological polar surface area (TPSA) is 131 Å². The van der Waals surface area contributed by atoms with Gasteiger partial charge in [-0.15, -0.1) is 0 Å². The van der Waals surface area contributed by atoms with Crippen LogP contribution in [0.25, 0.3) is 0 Å². The third-order valence-corrected chi connectivity index (χ3v) is 9.74. The summed E-state index contributed by atoms with van der Waals surface area (Å²) in [6.45, 7) is 3.06. The summed E-state index contributed by atoms with van der Waals surface area (Å²) in [5.41, 5.74) is 12.2. The average Bonchev–Trinajstić information content (AvgIpc) is 3.69. The van der Waals surface area contributed by atoms with E-state index in [4.69, 9.17) is 5.73 Å². The molecule has 6 rings (SSSR count). The third kappa shape index (κ3) is 4.75. The van der Waals surface area contributed by atoms with Crippen LogP contribution in [-0.4, -0.2) is 95.8 Å². The Hall–Kier alpha value is -3.18. The molecule has 4 heterocycles. The zero-order valence-electron chi connectivity index (χ0n) is 22.4. The molecular weight excluding hydrogens is 498 g/mol. The number of anilines is 1. The van der Waals surface area contributed by atoms with Crippen molar-refractivity contribution in [1.82, 2.24) is 25.6 Å². The molecule has 4 unspecified atom stereocenters. The Balaban J connectivity index is 1.15. The van der Waals surface area contributed by atoms with E-state index in [0.717, 1.165) is 31.5 Å². The second-order valence-electron chi connectivity index (χ2n) is 11.9. The molecule has 1 aromatic carbocycles. The summed E-state index contributed by atoms with van der Waals surface area (Å²) < 4.78 is 0. The van der Waals surface area contributed by atoms with Crippen LogP contribution in [0.2, 0.25) is 0 Å². The number of carbonyl (C=O) groups is 4. The molecule has 4 aliphatic heterocycles. The van der Waals surface area contributed by atoms with Gasteiger partial charge >= 0.3 is 0 Å². The Labute approximate surface area is 229 Å². The van der Waals surface area contributed by atoms with E-state index in [9.17, 15) is 19.2 Å². The SMILES string of the molecule is NC(=O)C1CCN(C(=O)CN2CN(c3ccccc3)C3(CCN(C(=O)C4CCC5NNCC5C4)CC3)C2=O)C1. The van der Waals surface area contributed by atoms with Crippen LogP contribution >= 0.6 is 0 Å². The highest BCUT2D eigenvalue weighted by Gasteiger charge is 2.55. The first-order valence-electron chi connectivity index (χ1n) is 14.3. The van der Waals surface area contributed by atoms with Gasteiger partial charge < -0.3 is 25.3 Å². The molecule has 5 fully saturated rings. The molecule has 4 saturated heterocycles. The lowest BCUT2D eigenvalue weighted by Gasteiger charge is -2.44. The van der Waals surface area contributed by atoms with Gasteiger partial charge in [-0.05, 0) is 56.6 Å².